The molecule has 0 aliphatic rings. The summed E-state index contributed by atoms with van der Waals surface area (Å²) < 4.78 is 1.79. The van der Waals surface area contributed by atoms with E-state index in [0.29, 0.717) is 22.4 Å². The van der Waals surface area contributed by atoms with Crippen LogP contribution < -0.4 is 11.5 Å². The minimum absolute atomic E-state index is 0.0381. The van der Waals surface area contributed by atoms with Gasteiger partial charge in [-0.25, -0.2) is 0 Å². The van der Waals surface area contributed by atoms with Gasteiger partial charge in [0.25, 0.3) is 0 Å². The summed E-state index contributed by atoms with van der Waals surface area (Å²) in [5.74, 6) is 0.0763. The Labute approximate surface area is 103 Å². The van der Waals surface area contributed by atoms with E-state index in [9.17, 15) is 10.2 Å². The molecule has 92 valence electrons. The standard InChI is InChI=1S/C13H13N3O2/c1-16-12-6(2-4-8(17)10(12)14)7-3-5-9(18)11(15)13(7)16/h2-5,17-18H,14-15H2,1H3. The van der Waals surface area contributed by atoms with Crippen molar-refractivity contribution in [2.75, 3.05) is 11.5 Å². The van der Waals surface area contributed by atoms with E-state index >= 15 is 0 Å². The van der Waals surface area contributed by atoms with E-state index in [1.807, 2.05) is 0 Å². The number of rotatable bonds is 0. The molecule has 0 radical (unpaired) electrons. The molecule has 1 aromatic heterocycles. The Hall–Kier alpha value is -2.56. The Morgan fingerprint density at radius 1 is 0.833 bits per heavy atom. The van der Waals surface area contributed by atoms with Crippen LogP contribution in [0.25, 0.3) is 21.8 Å². The molecule has 0 aliphatic heterocycles. The zero-order valence-corrected chi connectivity index (χ0v) is 9.81. The van der Waals surface area contributed by atoms with Crippen molar-refractivity contribution >= 4 is 33.2 Å². The number of phenolic OH excluding ortho intramolecular Hbond substituents is 2. The van der Waals surface area contributed by atoms with Crippen molar-refractivity contribution in [2.45, 2.75) is 0 Å². The third-order valence-corrected chi connectivity index (χ3v) is 3.35. The van der Waals surface area contributed by atoms with E-state index < -0.39 is 0 Å². The maximum Gasteiger partial charge on any atom is 0.140 e. The fourth-order valence-electron chi connectivity index (χ4n) is 2.46. The van der Waals surface area contributed by atoms with Gasteiger partial charge in [-0.1, -0.05) is 0 Å². The SMILES string of the molecule is Cn1c2c(N)c(O)ccc2c2ccc(O)c(N)c21. The predicted octanol–water partition coefficient (Wildman–Crippen LogP) is 1.91. The quantitative estimate of drug-likeness (QED) is 0.358. The van der Waals surface area contributed by atoms with Crippen molar-refractivity contribution in [3.05, 3.63) is 24.3 Å². The monoisotopic (exact) mass is 243 g/mol. The summed E-state index contributed by atoms with van der Waals surface area (Å²) in [5.41, 5.74) is 13.8. The Morgan fingerprint density at radius 2 is 1.22 bits per heavy atom. The van der Waals surface area contributed by atoms with Gasteiger partial charge in [-0.05, 0) is 24.3 Å². The lowest BCUT2D eigenvalue weighted by atomic mass is 10.1. The molecule has 2 aromatic carbocycles. The van der Waals surface area contributed by atoms with Gasteiger partial charge in [-0.2, -0.15) is 0 Å². The van der Waals surface area contributed by atoms with Crippen molar-refractivity contribution in [3.63, 3.8) is 0 Å². The highest BCUT2D eigenvalue weighted by Crippen LogP contribution is 2.40. The Morgan fingerprint density at radius 3 is 1.61 bits per heavy atom. The number of anilines is 2. The van der Waals surface area contributed by atoms with E-state index in [-0.39, 0.29) is 11.5 Å². The molecule has 0 saturated heterocycles. The van der Waals surface area contributed by atoms with Gasteiger partial charge < -0.3 is 26.2 Å². The van der Waals surface area contributed by atoms with Crippen LogP contribution in [0.15, 0.2) is 24.3 Å². The van der Waals surface area contributed by atoms with Crippen molar-refractivity contribution in [1.82, 2.24) is 4.57 Å². The normalized spacial score (nSPS) is 11.4. The van der Waals surface area contributed by atoms with Gasteiger partial charge in [0.1, 0.15) is 11.5 Å². The van der Waals surface area contributed by atoms with Gasteiger partial charge in [0, 0.05) is 17.8 Å². The lowest BCUT2D eigenvalue weighted by Crippen LogP contribution is -1.96. The van der Waals surface area contributed by atoms with Crippen molar-refractivity contribution < 1.29 is 10.2 Å². The third kappa shape index (κ3) is 1.10. The number of nitrogens with zero attached hydrogens (tertiary/aromatic N) is 1. The van der Waals surface area contributed by atoms with Crippen LogP contribution in [0.5, 0.6) is 11.5 Å². The van der Waals surface area contributed by atoms with Crippen LogP contribution in [0, 0.1) is 0 Å². The number of aromatic nitrogens is 1. The van der Waals surface area contributed by atoms with Crippen molar-refractivity contribution in [3.8, 4) is 11.5 Å². The molecular weight excluding hydrogens is 230 g/mol. The number of aryl methyl sites for hydroxylation is 1. The first-order chi connectivity index (χ1) is 8.52. The molecule has 6 N–H and O–H groups in total. The van der Waals surface area contributed by atoms with Gasteiger partial charge in [-0.15, -0.1) is 0 Å². The zero-order chi connectivity index (χ0) is 13.0. The summed E-state index contributed by atoms with van der Waals surface area (Å²) in [6.07, 6.45) is 0. The minimum Gasteiger partial charge on any atom is -0.506 e. The van der Waals surface area contributed by atoms with Gasteiger partial charge >= 0.3 is 0 Å². The molecule has 0 atom stereocenters. The summed E-state index contributed by atoms with van der Waals surface area (Å²) in [7, 11) is 1.80. The van der Waals surface area contributed by atoms with Crippen LogP contribution in [-0.2, 0) is 7.05 Å². The number of aromatic hydroxyl groups is 2. The Bertz CT molecular complexity index is 725. The van der Waals surface area contributed by atoms with Gasteiger partial charge in [0.2, 0.25) is 0 Å². The predicted molar refractivity (Wildman–Crippen MR) is 72.6 cm³/mol. The minimum atomic E-state index is 0.0381. The number of hydrogen-bond donors (Lipinski definition) is 4. The van der Waals surface area contributed by atoms with Gasteiger partial charge in [0.05, 0.1) is 22.4 Å². The highest BCUT2D eigenvalue weighted by Gasteiger charge is 2.16. The molecule has 0 saturated carbocycles. The van der Waals surface area contributed by atoms with E-state index in [4.69, 9.17) is 11.5 Å². The summed E-state index contributed by atoms with van der Waals surface area (Å²) in [5, 5.41) is 21.1. The van der Waals surface area contributed by atoms with Crippen LogP contribution in [0.2, 0.25) is 0 Å². The molecule has 0 spiro atoms. The van der Waals surface area contributed by atoms with Crippen molar-refractivity contribution in [1.29, 1.82) is 0 Å². The number of hydrogen-bond acceptors (Lipinski definition) is 4. The Kier molecular flexibility index (Phi) is 1.90. The second-order valence-corrected chi connectivity index (χ2v) is 4.35. The average Bonchev–Trinajstić information content (AvgIpc) is 2.63. The summed E-state index contributed by atoms with van der Waals surface area (Å²) >= 11 is 0. The molecule has 0 aliphatic carbocycles. The molecule has 0 amide bonds. The van der Waals surface area contributed by atoms with Crippen molar-refractivity contribution in [2.24, 2.45) is 7.05 Å². The molecule has 1 heterocycles. The third-order valence-electron chi connectivity index (χ3n) is 3.35. The lowest BCUT2D eigenvalue weighted by molar-refractivity contribution is 0.478. The van der Waals surface area contributed by atoms with Crippen LogP contribution in [-0.4, -0.2) is 14.8 Å². The van der Waals surface area contributed by atoms with E-state index in [1.54, 1.807) is 35.9 Å². The number of fused-ring (bicyclic) bond motifs is 3. The number of nitrogen functional groups attached to an aromatic ring is 2. The smallest absolute Gasteiger partial charge is 0.140 e. The van der Waals surface area contributed by atoms with E-state index in [0.717, 1.165) is 10.8 Å². The molecule has 3 rings (SSSR count). The summed E-state index contributed by atoms with van der Waals surface area (Å²) in [6.45, 7) is 0. The second-order valence-electron chi connectivity index (χ2n) is 4.35. The lowest BCUT2D eigenvalue weighted by Gasteiger charge is -2.05. The van der Waals surface area contributed by atoms with E-state index in [2.05, 4.69) is 0 Å². The molecule has 18 heavy (non-hydrogen) atoms. The first-order valence-electron chi connectivity index (χ1n) is 5.49. The van der Waals surface area contributed by atoms with Crippen LogP contribution in [0.4, 0.5) is 11.4 Å². The topological polar surface area (TPSA) is 97.4 Å². The first-order valence-corrected chi connectivity index (χ1v) is 5.49. The van der Waals surface area contributed by atoms with Crippen LogP contribution in [0.1, 0.15) is 0 Å². The average molecular weight is 243 g/mol. The number of benzene rings is 2. The second kappa shape index (κ2) is 3.22. The molecule has 0 bridgehead atoms. The molecular formula is C13H13N3O2. The maximum atomic E-state index is 9.67. The molecule has 5 nitrogen and oxygen atoms in total. The highest BCUT2D eigenvalue weighted by molar-refractivity contribution is 6.16. The van der Waals surface area contributed by atoms with Crippen LogP contribution >= 0.6 is 0 Å². The largest absolute Gasteiger partial charge is 0.506 e. The summed E-state index contributed by atoms with van der Waals surface area (Å²) in [6, 6.07) is 6.69. The maximum absolute atomic E-state index is 9.67. The number of phenols is 2. The molecule has 0 fully saturated rings. The van der Waals surface area contributed by atoms with Gasteiger partial charge in [0.15, 0.2) is 0 Å². The molecule has 3 aromatic rings. The number of nitrogens with two attached hydrogens (primary N) is 2. The highest BCUT2D eigenvalue weighted by atomic mass is 16.3. The van der Waals surface area contributed by atoms with Crippen LogP contribution in [0.3, 0.4) is 0 Å². The van der Waals surface area contributed by atoms with Gasteiger partial charge in [-0.3, -0.25) is 0 Å². The summed E-state index contributed by atoms with van der Waals surface area (Å²) in [4.78, 5) is 0. The fraction of sp³-hybridized carbons (Fsp3) is 0.0769. The molecule has 5 heteroatoms. The zero-order valence-electron chi connectivity index (χ0n) is 9.81. The first kappa shape index (κ1) is 10.6. The molecule has 0 unspecified atom stereocenters. The Balaban J connectivity index is 2.67. The van der Waals surface area contributed by atoms with E-state index in [1.165, 1.54) is 0 Å². The fourth-order valence-corrected chi connectivity index (χ4v) is 2.46.